The van der Waals surface area contributed by atoms with E-state index in [1.54, 1.807) is 7.05 Å². The van der Waals surface area contributed by atoms with E-state index in [-0.39, 0.29) is 23.8 Å². The molecule has 0 aliphatic rings. The maximum atomic E-state index is 13.4. The van der Waals surface area contributed by atoms with Gasteiger partial charge in [-0.2, -0.15) is 4.98 Å². The first-order chi connectivity index (χ1) is 13.8. The highest BCUT2D eigenvalue weighted by atomic mass is 16.2. The predicted molar refractivity (Wildman–Crippen MR) is 115 cm³/mol. The molecule has 0 amide bonds. The van der Waals surface area contributed by atoms with Gasteiger partial charge >= 0.3 is 5.69 Å². The summed E-state index contributed by atoms with van der Waals surface area (Å²) in [6, 6.07) is 8.12. The van der Waals surface area contributed by atoms with Crippen molar-refractivity contribution in [3.8, 4) is 0 Å². The fraction of sp³-hybridized carbons (Fsp3) is 0.409. The second-order valence-electron chi connectivity index (χ2n) is 7.94. The Morgan fingerprint density at radius 3 is 2.31 bits per heavy atom. The van der Waals surface area contributed by atoms with E-state index >= 15 is 0 Å². The molecule has 152 valence electrons. The molecule has 3 heterocycles. The van der Waals surface area contributed by atoms with Crippen molar-refractivity contribution in [3.63, 3.8) is 0 Å². The molecule has 0 N–H and O–H groups in total. The number of aryl methyl sites for hydroxylation is 3. The van der Waals surface area contributed by atoms with Crippen molar-refractivity contribution in [2.24, 2.45) is 7.05 Å². The van der Waals surface area contributed by atoms with Crippen molar-refractivity contribution in [3.05, 3.63) is 67.6 Å². The van der Waals surface area contributed by atoms with E-state index in [0.29, 0.717) is 16.9 Å². The molecule has 0 spiro atoms. The average Bonchev–Trinajstić information content (AvgIpc) is 3.20. The molecule has 1 aromatic carbocycles. The Balaban J connectivity index is 2.05. The Kier molecular flexibility index (Phi) is 4.48. The molecule has 1 atom stereocenters. The van der Waals surface area contributed by atoms with Gasteiger partial charge in [0.15, 0.2) is 11.2 Å². The maximum Gasteiger partial charge on any atom is 0.332 e. The number of fused-ring (bicyclic) bond motifs is 3. The van der Waals surface area contributed by atoms with Gasteiger partial charge in [-0.25, -0.2) is 4.79 Å². The smallest absolute Gasteiger partial charge is 0.311 e. The molecule has 0 radical (unpaired) electrons. The molecule has 0 aliphatic carbocycles. The van der Waals surface area contributed by atoms with Crippen molar-refractivity contribution in [1.82, 2.24) is 23.1 Å². The molecule has 1 unspecified atom stereocenters. The van der Waals surface area contributed by atoms with Crippen LogP contribution < -0.4 is 11.2 Å². The highest BCUT2D eigenvalue weighted by Gasteiger charge is 2.24. The molecule has 0 bridgehead atoms. The molecule has 7 nitrogen and oxygen atoms in total. The van der Waals surface area contributed by atoms with Gasteiger partial charge in [0.2, 0.25) is 5.78 Å². The van der Waals surface area contributed by atoms with E-state index in [4.69, 9.17) is 4.98 Å². The molecular formula is C22H27N5O2. The summed E-state index contributed by atoms with van der Waals surface area (Å²) in [7, 11) is 1.68. The summed E-state index contributed by atoms with van der Waals surface area (Å²) in [4.78, 5) is 31.1. The Hall–Kier alpha value is -3.09. The largest absolute Gasteiger partial charge is 0.332 e. The van der Waals surface area contributed by atoms with Gasteiger partial charge in [-0.3, -0.25) is 18.3 Å². The Morgan fingerprint density at radius 2 is 1.69 bits per heavy atom. The maximum absolute atomic E-state index is 13.4. The summed E-state index contributed by atoms with van der Waals surface area (Å²) in [5.41, 5.74) is 4.34. The third kappa shape index (κ3) is 2.75. The van der Waals surface area contributed by atoms with E-state index in [0.717, 1.165) is 28.9 Å². The van der Waals surface area contributed by atoms with Crippen LogP contribution in [-0.4, -0.2) is 23.1 Å². The lowest BCUT2D eigenvalue weighted by atomic mass is 10.1. The number of benzene rings is 1. The standard InChI is InChI=1S/C22H27N5O2/c1-7-14(3)26-15(4)16(5)27-18-19(23-21(26)27)24(6)22(29)25(20(18)28)12-17-10-8-13(2)9-11-17/h8-11,14H,7,12H2,1-6H3. The van der Waals surface area contributed by atoms with Gasteiger partial charge in [0.05, 0.1) is 6.54 Å². The molecule has 4 rings (SSSR count). The lowest BCUT2D eigenvalue weighted by Gasteiger charge is -2.13. The van der Waals surface area contributed by atoms with Crippen molar-refractivity contribution in [2.45, 2.75) is 53.6 Å². The Labute approximate surface area is 168 Å². The summed E-state index contributed by atoms with van der Waals surface area (Å²) in [6.45, 7) is 10.6. The topological polar surface area (TPSA) is 66.2 Å². The lowest BCUT2D eigenvalue weighted by Crippen LogP contribution is -2.39. The van der Waals surface area contributed by atoms with Crippen molar-refractivity contribution in [1.29, 1.82) is 0 Å². The minimum Gasteiger partial charge on any atom is -0.311 e. The number of hydrogen-bond donors (Lipinski definition) is 0. The van der Waals surface area contributed by atoms with E-state index < -0.39 is 0 Å². The third-order valence-corrected chi connectivity index (χ3v) is 6.05. The van der Waals surface area contributed by atoms with Gasteiger partial charge in [-0.1, -0.05) is 36.8 Å². The first-order valence-corrected chi connectivity index (χ1v) is 10.0. The normalized spacial score (nSPS) is 12.9. The summed E-state index contributed by atoms with van der Waals surface area (Å²) in [5.74, 6) is 0.713. The molecular weight excluding hydrogens is 366 g/mol. The number of nitrogens with zero attached hydrogens (tertiary/aromatic N) is 5. The number of hydrogen-bond acceptors (Lipinski definition) is 3. The van der Waals surface area contributed by atoms with Crippen LogP contribution in [0.15, 0.2) is 33.9 Å². The van der Waals surface area contributed by atoms with Crippen LogP contribution in [0.25, 0.3) is 16.9 Å². The third-order valence-electron chi connectivity index (χ3n) is 6.05. The van der Waals surface area contributed by atoms with Gasteiger partial charge in [0.1, 0.15) is 0 Å². The predicted octanol–water partition coefficient (Wildman–Crippen LogP) is 3.09. The molecule has 29 heavy (non-hydrogen) atoms. The van der Waals surface area contributed by atoms with Crippen LogP contribution in [-0.2, 0) is 13.6 Å². The second-order valence-corrected chi connectivity index (χ2v) is 7.94. The van der Waals surface area contributed by atoms with Crippen molar-refractivity contribution >= 4 is 16.9 Å². The Morgan fingerprint density at radius 1 is 1.03 bits per heavy atom. The summed E-state index contributed by atoms with van der Waals surface area (Å²) >= 11 is 0. The summed E-state index contributed by atoms with van der Waals surface area (Å²) in [6.07, 6.45) is 0.949. The van der Waals surface area contributed by atoms with Crippen LogP contribution in [0.2, 0.25) is 0 Å². The first-order valence-electron chi connectivity index (χ1n) is 10.0. The van der Waals surface area contributed by atoms with Crippen LogP contribution in [0.4, 0.5) is 0 Å². The fourth-order valence-electron chi connectivity index (χ4n) is 4.00. The molecule has 0 aliphatic heterocycles. The van der Waals surface area contributed by atoms with Gasteiger partial charge in [-0.05, 0) is 39.7 Å². The number of rotatable bonds is 4. The lowest BCUT2D eigenvalue weighted by molar-refractivity contribution is 0.532. The van der Waals surface area contributed by atoms with E-state index in [9.17, 15) is 9.59 Å². The van der Waals surface area contributed by atoms with Gasteiger partial charge in [-0.15, -0.1) is 0 Å². The zero-order valence-electron chi connectivity index (χ0n) is 17.9. The molecule has 3 aromatic heterocycles. The van der Waals surface area contributed by atoms with Gasteiger partial charge < -0.3 is 4.57 Å². The average molecular weight is 393 g/mol. The van der Waals surface area contributed by atoms with E-state index in [1.165, 1.54) is 9.13 Å². The first kappa shape index (κ1) is 19.2. The number of imidazole rings is 2. The van der Waals surface area contributed by atoms with Crippen LogP contribution >= 0.6 is 0 Å². The SMILES string of the molecule is CCC(C)n1c(C)c(C)n2c3c(=O)n(Cc4ccc(C)cc4)c(=O)n(C)c3nc12. The van der Waals surface area contributed by atoms with E-state index in [1.807, 2.05) is 42.5 Å². The minimum atomic E-state index is -0.353. The summed E-state index contributed by atoms with van der Waals surface area (Å²) in [5, 5.41) is 0. The van der Waals surface area contributed by atoms with Gasteiger partial charge in [0.25, 0.3) is 5.56 Å². The van der Waals surface area contributed by atoms with Gasteiger partial charge in [0, 0.05) is 24.5 Å². The minimum absolute atomic E-state index is 0.235. The Bertz CT molecular complexity index is 1350. The molecule has 0 saturated carbocycles. The van der Waals surface area contributed by atoms with Crippen LogP contribution in [0.5, 0.6) is 0 Å². The number of aromatic nitrogens is 5. The zero-order valence-corrected chi connectivity index (χ0v) is 17.9. The van der Waals surface area contributed by atoms with Crippen LogP contribution in [0, 0.1) is 20.8 Å². The van der Waals surface area contributed by atoms with Crippen LogP contribution in [0.1, 0.15) is 48.8 Å². The van der Waals surface area contributed by atoms with Crippen LogP contribution in [0.3, 0.4) is 0 Å². The quantitative estimate of drug-likeness (QED) is 0.535. The zero-order chi connectivity index (χ0) is 21.0. The highest BCUT2D eigenvalue weighted by molar-refractivity contribution is 5.76. The fourth-order valence-corrected chi connectivity index (χ4v) is 4.00. The molecule has 0 fully saturated rings. The molecule has 7 heteroatoms. The monoisotopic (exact) mass is 393 g/mol. The molecule has 4 aromatic rings. The second kappa shape index (κ2) is 6.76. The summed E-state index contributed by atoms with van der Waals surface area (Å²) < 4.78 is 6.85. The highest BCUT2D eigenvalue weighted by Crippen LogP contribution is 2.25. The van der Waals surface area contributed by atoms with Crippen molar-refractivity contribution in [2.75, 3.05) is 0 Å². The van der Waals surface area contributed by atoms with Crippen molar-refractivity contribution < 1.29 is 0 Å². The van der Waals surface area contributed by atoms with E-state index in [2.05, 4.69) is 25.3 Å². The molecule has 0 saturated heterocycles.